The molecule has 0 aliphatic heterocycles. The lowest BCUT2D eigenvalue weighted by atomic mass is 9.88. The van der Waals surface area contributed by atoms with Gasteiger partial charge in [-0.25, -0.2) is 0 Å². The minimum atomic E-state index is -0.901. The fourth-order valence-electron chi connectivity index (χ4n) is 6.94. The molecule has 0 aliphatic rings. The molecule has 11 nitrogen and oxygen atoms in total. The van der Waals surface area contributed by atoms with Gasteiger partial charge >= 0.3 is 0 Å². The van der Waals surface area contributed by atoms with Crippen molar-refractivity contribution in [2.45, 2.75) is 155 Å². The smallest absolute Gasteiger partial charge is 0.224 e. The SMILES string of the molecule is CCCCCCCCCCCCCCCC(=O)C[C@@H](Cc1c[nH]c2ccc(O)cc12)C(=O)N[C@@H](CCCN=C(N)N)C(=O)C[C@@H](CC(C)C)C(N)=O. The number of phenolic OH excluding ortho intramolecular Hbond substituents is 1. The van der Waals surface area contributed by atoms with Gasteiger partial charge in [-0.2, -0.15) is 0 Å². The number of fused-ring (bicyclic) bond motifs is 1. The van der Waals surface area contributed by atoms with Gasteiger partial charge in [-0.1, -0.05) is 97.8 Å². The van der Waals surface area contributed by atoms with Crippen LogP contribution in [0.3, 0.4) is 0 Å². The van der Waals surface area contributed by atoms with E-state index in [1.54, 1.807) is 24.4 Å². The third kappa shape index (κ3) is 18.0. The molecule has 0 saturated carbocycles. The molecule has 2 rings (SSSR count). The van der Waals surface area contributed by atoms with Crippen molar-refractivity contribution in [2.75, 3.05) is 6.54 Å². The van der Waals surface area contributed by atoms with Crippen LogP contribution in [0.5, 0.6) is 5.75 Å². The number of ketones is 2. The number of hydrogen-bond acceptors (Lipinski definition) is 6. The zero-order valence-electron chi connectivity index (χ0n) is 32.2. The van der Waals surface area contributed by atoms with Crippen molar-refractivity contribution in [3.05, 3.63) is 30.0 Å². The quantitative estimate of drug-likeness (QED) is 0.0279. The molecule has 0 radical (unpaired) electrons. The van der Waals surface area contributed by atoms with Crippen molar-refractivity contribution in [3.63, 3.8) is 0 Å². The molecule has 1 aromatic carbocycles. The first-order valence-electron chi connectivity index (χ1n) is 19.9. The predicted molar refractivity (Wildman–Crippen MR) is 211 cm³/mol. The number of Topliss-reactive ketones (excluding diaryl/α,β-unsaturated/α-hetero) is 2. The number of hydrogen-bond donors (Lipinski definition) is 6. The van der Waals surface area contributed by atoms with Crippen LogP contribution in [0.2, 0.25) is 0 Å². The van der Waals surface area contributed by atoms with Crippen LogP contribution in [0, 0.1) is 17.8 Å². The highest BCUT2D eigenvalue weighted by molar-refractivity contribution is 5.94. The summed E-state index contributed by atoms with van der Waals surface area (Å²) >= 11 is 0. The Morgan fingerprint density at radius 1 is 0.827 bits per heavy atom. The van der Waals surface area contributed by atoms with Crippen LogP contribution < -0.4 is 22.5 Å². The summed E-state index contributed by atoms with van der Waals surface area (Å²) in [4.78, 5) is 60.4. The number of aromatic hydroxyl groups is 1. The second kappa shape index (κ2) is 25.1. The number of H-pyrrole nitrogens is 1. The maximum absolute atomic E-state index is 14.0. The van der Waals surface area contributed by atoms with E-state index < -0.39 is 29.7 Å². The van der Waals surface area contributed by atoms with E-state index in [1.165, 1.54) is 64.2 Å². The monoisotopic (exact) mass is 725 g/mol. The average molecular weight is 725 g/mol. The summed E-state index contributed by atoms with van der Waals surface area (Å²) in [6.45, 7) is 6.43. The molecule has 0 spiro atoms. The summed E-state index contributed by atoms with van der Waals surface area (Å²) < 4.78 is 0. The molecule has 9 N–H and O–H groups in total. The predicted octanol–water partition coefficient (Wildman–Crippen LogP) is 7.12. The molecule has 0 fully saturated rings. The van der Waals surface area contributed by atoms with Gasteiger partial charge in [-0.3, -0.25) is 24.2 Å². The minimum Gasteiger partial charge on any atom is -0.508 e. The Morgan fingerprint density at radius 3 is 2.02 bits per heavy atom. The molecule has 0 saturated heterocycles. The Kier molecular flexibility index (Phi) is 21.4. The van der Waals surface area contributed by atoms with E-state index in [-0.39, 0.29) is 61.4 Å². The number of phenols is 1. The number of guanidine groups is 1. The van der Waals surface area contributed by atoms with Crippen molar-refractivity contribution < 1.29 is 24.3 Å². The Labute approximate surface area is 311 Å². The summed E-state index contributed by atoms with van der Waals surface area (Å²) in [6, 6.07) is 4.09. The fourth-order valence-corrected chi connectivity index (χ4v) is 6.94. The molecule has 2 amide bonds. The Bertz CT molecular complexity index is 1400. The van der Waals surface area contributed by atoms with Crippen molar-refractivity contribution in [3.8, 4) is 5.75 Å². The van der Waals surface area contributed by atoms with E-state index in [2.05, 4.69) is 22.2 Å². The van der Waals surface area contributed by atoms with Crippen molar-refractivity contribution in [1.82, 2.24) is 10.3 Å². The Hall–Kier alpha value is -3.89. The number of benzene rings is 1. The number of primary amides is 1. The summed E-state index contributed by atoms with van der Waals surface area (Å²) in [5.41, 5.74) is 18.2. The first-order valence-corrected chi connectivity index (χ1v) is 19.9. The lowest BCUT2D eigenvalue weighted by Crippen LogP contribution is -2.45. The Morgan fingerprint density at radius 2 is 1.44 bits per heavy atom. The summed E-state index contributed by atoms with van der Waals surface area (Å²) in [6.07, 6.45) is 19.3. The molecule has 52 heavy (non-hydrogen) atoms. The highest BCUT2D eigenvalue weighted by atomic mass is 16.3. The number of aromatic amines is 1. The summed E-state index contributed by atoms with van der Waals surface area (Å²) in [5.74, 6) is -2.45. The van der Waals surface area contributed by atoms with Gasteiger partial charge in [0.1, 0.15) is 11.5 Å². The van der Waals surface area contributed by atoms with Crippen LogP contribution in [0.4, 0.5) is 0 Å². The molecular formula is C41H68N6O5. The molecule has 2 aromatic rings. The van der Waals surface area contributed by atoms with Gasteiger partial charge in [0.25, 0.3) is 0 Å². The number of carbonyl (C=O) groups excluding carboxylic acids is 4. The maximum Gasteiger partial charge on any atom is 0.224 e. The van der Waals surface area contributed by atoms with Gasteiger partial charge in [0.15, 0.2) is 11.7 Å². The summed E-state index contributed by atoms with van der Waals surface area (Å²) in [7, 11) is 0. The third-order valence-electron chi connectivity index (χ3n) is 9.88. The summed E-state index contributed by atoms with van der Waals surface area (Å²) in [5, 5.41) is 13.9. The van der Waals surface area contributed by atoms with Gasteiger partial charge in [0.05, 0.1) is 6.04 Å². The standard InChI is InChI=1S/C41H68N6O5/c1-4-5-6-7-8-9-10-11-12-13-14-15-16-18-33(48)25-31(24-32-28-46-36-21-20-34(49)27-35(32)36)40(52)47-37(19-17-22-45-41(43)44)38(50)26-30(39(42)51)23-29(2)3/h20-21,27-31,37,46,49H,4-19,22-26H2,1-3H3,(H2,42,51)(H,47,52)(H4,43,44,45)/t30-,31-,37+/m1/s1. The van der Waals surface area contributed by atoms with Crippen LogP contribution in [-0.4, -0.2) is 52.0 Å². The van der Waals surface area contributed by atoms with Crippen LogP contribution in [0.1, 0.15) is 148 Å². The zero-order chi connectivity index (χ0) is 38.3. The number of aliphatic imine (C=N–C) groups is 1. The van der Waals surface area contributed by atoms with E-state index in [4.69, 9.17) is 17.2 Å². The van der Waals surface area contributed by atoms with Gasteiger partial charge in [0.2, 0.25) is 11.8 Å². The van der Waals surface area contributed by atoms with E-state index >= 15 is 0 Å². The highest BCUT2D eigenvalue weighted by Crippen LogP contribution is 2.27. The molecule has 0 bridgehead atoms. The average Bonchev–Trinajstić information content (AvgIpc) is 3.48. The van der Waals surface area contributed by atoms with Gasteiger partial charge in [-0.15, -0.1) is 0 Å². The second-order valence-corrected chi connectivity index (χ2v) is 15.1. The molecule has 292 valence electrons. The first-order chi connectivity index (χ1) is 24.9. The number of unbranched alkanes of at least 4 members (excludes halogenated alkanes) is 12. The van der Waals surface area contributed by atoms with Crippen LogP contribution in [0.25, 0.3) is 10.9 Å². The molecule has 1 aromatic heterocycles. The number of carbonyl (C=O) groups is 4. The largest absolute Gasteiger partial charge is 0.508 e. The van der Waals surface area contributed by atoms with E-state index in [1.807, 2.05) is 13.8 Å². The van der Waals surface area contributed by atoms with Gasteiger partial charge in [0, 0.05) is 54.7 Å². The fraction of sp³-hybridized carbons (Fsp3) is 0.683. The third-order valence-corrected chi connectivity index (χ3v) is 9.88. The second-order valence-electron chi connectivity index (χ2n) is 15.1. The first kappa shape index (κ1) is 44.3. The normalized spacial score (nSPS) is 13.2. The Balaban J connectivity index is 2.07. The number of aromatic nitrogens is 1. The number of nitrogens with zero attached hydrogens (tertiary/aromatic N) is 1. The molecular weight excluding hydrogens is 656 g/mol. The van der Waals surface area contributed by atoms with E-state index in [0.29, 0.717) is 19.3 Å². The van der Waals surface area contributed by atoms with Gasteiger partial charge < -0.3 is 32.6 Å². The van der Waals surface area contributed by atoms with Crippen molar-refractivity contribution >= 4 is 40.2 Å². The van der Waals surface area contributed by atoms with Crippen LogP contribution in [0.15, 0.2) is 29.4 Å². The van der Waals surface area contributed by atoms with Gasteiger partial charge in [-0.05, 0) is 61.8 Å². The number of amides is 2. The molecule has 11 heteroatoms. The highest BCUT2D eigenvalue weighted by Gasteiger charge is 2.30. The number of rotatable bonds is 30. The molecule has 0 aliphatic carbocycles. The molecule has 0 unspecified atom stereocenters. The van der Waals surface area contributed by atoms with E-state index in [9.17, 15) is 24.3 Å². The van der Waals surface area contributed by atoms with Crippen molar-refractivity contribution in [1.29, 1.82) is 0 Å². The van der Waals surface area contributed by atoms with Crippen molar-refractivity contribution in [2.24, 2.45) is 39.9 Å². The maximum atomic E-state index is 14.0. The van der Waals surface area contributed by atoms with Crippen LogP contribution in [-0.2, 0) is 25.6 Å². The lowest BCUT2D eigenvalue weighted by Gasteiger charge is -2.24. The number of nitrogens with one attached hydrogen (secondary N) is 2. The number of nitrogens with two attached hydrogens (primary N) is 3. The van der Waals surface area contributed by atoms with E-state index in [0.717, 1.165) is 35.7 Å². The zero-order valence-corrected chi connectivity index (χ0v) is 32.2. The minimum absolute atomic E-state index is 0.00673. The van der Waals surface area contributed by atoms with Crippen LogP contribution >= 0.6 is 0 Å². The molecule has 3 atom stereocenters. The topological polar surface area (TPSA) is 207 Å². The molecule has 1 heterocycles. The lowest BCUT2D eigenvalue weighted by molar-refractivity contribution is -0.133.